The van der Waals surface area contributed by atoms with E-state index in [-0.39, 0.29) is 18.0 Å². The zero-order valence-corrected chi connectivity index (χ0v) is 16.7. The van der Waals surface area contributed by atoms with E-state index in [2.05, 4.69) is 30.2 Å². The van der Waals surface area contributed by atoms with E-state index < -0.39 is 0 Å². The van der Waals surface area contributed by atoms with Crippen LogP contribution in [0.15, 0.2) is 42.7 Å². The fourth-order valence-electron chi connectivity index (χ4n) is 4.30. The third kappa shape index (κ3) is 2.98. The highest BCUT2D eigenvalue weighted by Gasteiger charge is 2.27. The molecule has 1 N–H and O–H groups in total. The fourth-order valence-corrected chi connectivity index (χ4v) is 4.30. The number of hydrogen-bond donors (Lipinski definition) is 1. The van der Waals surface area contributed by atoms with Crippen molar-refractivity contribution in [2.45, 2.75) is 25.9 Å². The molecule has 4 aromatic rings. The molecule has 29 heavy (non-hydrogen) atoms. The van der Waals surface area contributed by atoms with Gasteiger partial charge in [0.15, 0.2) is 5.65 Å². The van der Waals surface area contributed by atoms with E-state index in [9.17, 15) is 4.79 Å². The first-order chi connectivity index (χ1) is 14.0. The largest absolute Gasteiger partial charge is 0.497 e. The Morgan fingerprint density at radius 2 is 1.90 bits per heavy atom. The smallest absolute Gasteiger partial charge is 0.257 e. The molecule has 0 aliphatic carbocycles. The Morgan fingerprint density at radius 3 is 2.66 bits per heavy atom. The van der Waals surface area contributed by atoms with Gasteiger partial charge < -0.3 is 15.0 Å². The molecular formula is C22H23N5O2. The number of nitrogens with zero attached hydrogens (tertiary/aromatic N) is 4. The summed E-state index contributed by atoms with van der Waals surface area (Å²) in [7, 11) is 1.65. The van der Waals surface area contributed by atoms with Crippen molar-refractivity contribution < 1.29 is 9.53 Å². The van der Waals surface area contributed by atoms with Crippen molar-refractivity contribution in [1.82, 2.24) is 24.6 Å². The van der Waals surface area contributed by atoms with E-state index in [1.807, 2.05) is 39.8 Å². The number of ether oxygens (including phenoxy) is 1. The van der Waals surface area contributed by atoms with Crippen LogP contribution in [-0.4, -0.2) is 57.5 Å². The maximum Gasteiger partial charge on any atom is 0.257 e. The lowest BCUT2D eigenvalue weighted by Gasteiger charge is -2.36. The summed E-state index contributed by atoms with van der Waals surface area (Å²) in [5.74, 6) is 0.788. The molecule has 0 spiro atoms. The molecule has 2 atom stereocenters. The Labute approximate surface area is 168 Å². The molecule has 7 nitrogen and oxygen atoms in total. The van der Waals surface area contributed by atoms with Crippen molar-refractivity contribution in [3.63, 3.8) is 0 Å². The highest BCUT2D eigenvalue weighted by molar-refractivity contribution is 6.04. The van der Waals surface area contributed by atoms with E-state index in [4.69, 9.17) is 9.72 Å². The number of carbonyl (C=O) groups is 1. The number of pyridine rings is 2. The summed E-state index contributed by atoms with van der Waals surface area (Å²) in [6, 6.07) is 10.3. The van der Waals surface area contributed by atoms with Crippen LogP contribution in [0.5, 0.6) is 5.75 Å². The molecule has 0 unspecified atom stereocenters. The SMILES string of the molecule is COc1ccc2nc3c(cc(C(=O)N4C[C@@H](C)N[C@@H](C)C4)c4nccn43)cc2c1. The van der Waals surface area contributed by atoms with Crippen LogP contribution in [0, 0.1) is 0 Å². The first-order valence-corrected chi connectivity index (χ1v) is 9.83. The lowest BCUT2D eigenvalue weighted by atomic mass is 10.1. The van der Waals surface area contributed by atoms with Crippen LogP contribution >= 0.6 is 0 Å². The van der Waals surface area contributed by atoms with Gasteiger partial charge in [0.2, 0.25) is 0 Å². The average molecular weight is 389 g/mol. The quantitative estimate of drug-likeness (QED) is 0.534. The minimum atomic E-state index is 0.00837. The maximum atomic E-state index is 13.4. The number of fused-ring (bicyclic) bond motifs is 4. The number of piperazine rings is 1. The number of amides is 1. The van der Waals surface area contributed by atoms with Gasteiger partial charge in [0, 0.05) is 48.3 Å². The number of rotatable bonds is 2. The zero-order valence-electron chi connectivity index (χ0n) is 16.7. The summed E-state index contributed by atoms with van der Waals surface area (Å²) < 4.78 is 7.25. The second-order valence-corrected chi connectivity index (χ2v) is 7.82. The molecule has 1 fully saturated rings. The van der Waals surface area contributed by atoms with Crippen LogP contribution in [0.3, 0.4) is 0 Å². The number of carbonyl (C=O) groups excluding carboxylic acids is 1. The number of hydrogen-bond acceptors (Lipinski definition) is 5. The van der Waals surface area contributed by atoms with Crippen LogP contribution in [0.1, 0.15) is 24.2 Å². The van der Waals surface area contributed by atoms with E-state index >= 15 is 0 Å². The number of nitrogens with one attached hydrogen (secondary N) is 1. The maximum absolute atomic E-state index is 13.4. The molecule has 5 rings (SSSR count). The summed E-state index contributed by atoms with van der Waals surface area (Å²) >= 11 is 0. The predicted molar refractivity (Wildman–Crippen MR) is 113 cm³/mol. The predicted octanol–water partition coefficient (Wildman–Crippen LogP) is 2.87. The Hall–Kier alpha value is -3.19. The molecule has 1 aromatic carbocycles. The Morgan fingerprint density at radius 1 is 1.10 bits per heavy atom. The molecule has 148 valence electrons. The third-order valence-electron chi connectivity index (χ3n) is 5.52. The summed E-state index contributed by atoms with van der Waals surface area (Å²) in [5.41, 5.74) is 2.90. The molecule has 4 heterocycles. The number of methoxy groups -OCH3 is 1. The third-order valence-corrected chi connectivity index (χ3v) is 5.52. The first kappa shape index (κ1) is 17.9. The number of imidazole rings is 1. The van der Waals surface area contributed by atoms with Gasteiger partial charge in [-0.2, -0.15) is 0 Å². The van der Waals surface area contributed by atoms with Crippen molar-refractivity contribution in [2.24, 2.45) is 0 Å². The van der Waals surface area contributed by atoms with Crippen LogP contribution in [0.4, 0.5) is 0 Å². The molecule has 1 aliphatic heterocycles. The Kier molecular flexibility index (Phi) is 4.13. The Bertz CT molecular complexity index is 1240. The normalized spacial score (nSPS) is 19.9. The van der Waals surface area contributed by atoms with Gasteiger partial charge >= 0.3 is 0 Å². The lowest BCUT2D eigenvalue weighted by Crippen LogP contribution is -2.55. The van der Waals surface area contributed by atoms with Gasteiger partial charge in [0.25, 0.3) is 5.91 Å². The summed E-state index contributed by atoms with van der Waals surface area (Å²) in [4.78, 5) is 24.6. The second-order valence-electron chi connectivity index (χ2n) is 7.82. The van der Waals surface area contributed by atoms with E-state index in [0.717, 1.165) is 27.7 Å². The van der Waals surface area contributed by atoms with E-state index in [1.54, 1.807) is 13.3 Å². The summed E-state index contributed by atoms with van der Waals surface area (Å²) in [6.45, 7) is 5.57. The zero-order chi connectivity index (χ0) is 20.1. The molecular weight excluding hydrogens is 366 g/mol. The summed E-state index contributed by atoms with van der Waals surface area (Å²) in [6.07, 6.45) is 3.58. The average Bonchev–Trinajstić information content (AvgIpc) is 3.20. The fraction of sp³-hybridized carbons (Fsp3) is 0.318. The highest BCUT2D eigenvalue weighted by Crippen LogP contribution is 2.27. The molecule has 3 aromatic heterocycles. The van der Waals surface area contributed by atoms with Crippen LogP contribution < -0.4 is 10.1 Å². The van der Waals surface area contributed by atoms with E-state index in [0.29, 0.717) is 24.3 Å². The molecule has 0 radical (unpaired) electrons. The molecule has 7 heteroatoms. The Balaban J connectivity index is 1.69. The van der Waals surface area contributed by atoms with Gasteiger partial charge in [-0.3, -0.25) is 9.20 Å². The van der Waals surface area contributed by atoms with Crippen LogP contribution in [-0.2, 0) is 0 Å². The molecule has 1 saturated heterocycles. The summed E-state index contributed by atoms with van der Waals surface area (Å²) in [5, 5.41) is 5.34. The van der Waals surface area contributed by atoms with Crippen LogP contribution in [0.25, 0.3) is 27.6 Å². The number of benzene rings is 1. The molecule has 1 amide bonds. The minimum absolute atomic E-state index is 0.00837. The van der Waals surface area contributed by atoms with Gasteiger partial charge in [-0.15, -0.1) is 0 Å². The topological polar surface area (TPSA) is 71.8 Å². The van der Waals surface area contributed by atoms with Crippen molar-refractivity contribution in [2.75, 3.05) is 20.2 Å². The van der Waals surface area contributed by atoms with Crippen molar-refractivity contribution in [1.29, 1.82) is 0 Å². The van der Waals surface area contributed by atoms with Crippen molar-refractivity contribution >= 4 is 33.5 Å². The molecule has 0 saturated carbocycles. The monoisotopic (exact) mass is 389 g/mol. The number of aromatic nitrogens is 3. The van der Waals surface area contributed by atoms with Crippen molar-refractivity contribution in [3.05, 3.63) is 48.3 Å². The molecule has 0 bridgehead atoms. The molecule has 1 aliphatic rings. The standard InChI is InChI=1S/C22H23N5O2/c1-13-11-26(12-14(2)24-13)22(28)18-10-16-8-15-9-17(29-3)4-5-19(15)25-20(16)27-7-6-23-21(18)27/h4-10,13-14,24H,11-12H2,1-3H3/t13-,14+. The van der Waals surface area contributed by atoms with E-state index in [1.165, 1.54) is 0 Å². The highest BCUT2D eigenvalue weighted by atomic mass is 16.5. The second kappa shape index (κ2) is 6.70. The van der Waals surface area contributed by atoms with Crippen molar-refractivity contribution in [3.8, 4) is 5.75 Å². The first-order valence-electron chi connectivity index (χ1n) is 9.83. The van der Waals surface area contributed by atoms with Gasteiger partial charge in [0.05, 0.1) is 18.2 Å². The van der Waals surface area contributed by atoms with Gasteiger partial charge in [-0.25, -0.2) is 9.97 Å². The minimum Gasteiger partial charge on any atom is -0.497 e. The van der Waals surface area contributed by atoms with Gasteiger partial charge in [0.1, 0.15) is 11.4 Å². The van der Waals surface area contributed by atoms with Gasteiger partial charge in [-0.05, 0) is 44.2 Å². The lowest BCUT2D eigenvalue weighted by molar-refractivity contribution is 0.0675. The van der Waals surface area contributed by atoms with Gasteiger partial charge in [-0.1, -0.05) is 0 Å². The van der Waals surface area contributed by atoms with Crippen LogP contribution in [0.2, 0.25) is 0 Å².